The molecule has 3 rings (SSSR count). The second kappa shape index (κ2) is 5.52. The molecule has 112 valence electrons. The van der Waals surface area contributed by atoms with E-state index < -0.39 is 9.84 Å². The van der Waals surface area contributed by atoms with Gasteiger partial charge in [0.2, 0.25) is 0 Å². The molecule has 0 bridgehead atoms. The molecule has 1 aromatic carbocycles. The summed E-state index contributed by atoms with van der Waals surface area (Å²) in [4.78, 5) is 7.07. The fourth-order valence-corrected chi connectivity index (χ4v) is 4.37. The van der Waals surface area contributed by atoms with Gasteiger partial charge in [0.05, 0.1) is 23.5 Å². The van der Waals surface area contributed by atoms with Gasteiger partial charge in [0.25, 0.3) is 0 Å². The Kier molecular flexibility index (Phi) is 3.71. The van der Waals surface area contributed by atoms with E-state index in [9.17, 15) is 8.42 Å². The van der Waals surface area contributed by atoms with E-state index in [-0.39, 0.29) is 11.3 Å². The lowest BCUT2D eigenvalue weighted by atomic mass is 10.1. The maximum atomic E-state index is 11.8. The van der Waals surface area contributed by atoms with Crippen LogP contribution in [0.15, 0.2) is 36.8 Å². The Labute approximate surface area is 124 Å². The first-order chi connectivity index (χ1) is 10.0. The molecule has 2 atom stereocenters. The number of imidazole rings is 1. The number of anilines is 1. The second-order valence-corrected chi connectivity index (χ2v) is 7.86. The summed E-state index contributed by atoms with van der Waals surface area (Å²) in [7, 11) is -2.99. The van der Waals surface area contributed by atoms with E-state index in [0.29, 0.717) is 0 Å². The van der Waals surface area contributed by atoms with E-state index in [1.54, 1.807) is 12.5 Å². The van der Waals surface area contributed by atoms with Gasteiger partial charge in [-0.05, 0) is 37.0 Å². The summed E-state index contributed by atoms with van der Waals surface area (Å²) in [5, 5.41) is 3.09. The zero-order valence-electron chi connectivity index (χ0n) is 11.9. The average molecular weight is 305 g/mol. The lowest BCUT2D eigenvalue weighted by molar-refractivity contribution is 0.579. The summed E-state index contributed by atoms with van der Waals surface area (Å²) in [6.45, 7) is 0. The standard InChI is InChI=1S/C15H19N3O2S/c1-21(19,20)15-4-2-3-13(15)18-12-7-5-11(6-8-12)14-9-16-10-17-14/h5-10,13,15,18H,2-4H2,1H3,(H,16,17). The highest BCUT2D eigenvalue weighted by molar-refractivity contribution is 7.91. The third-order valence-electron chi connectivity index (χ3n) is 4.05. The van der Waals surface area contributed by atoms with Gasteiger partial charge in [-0.25, -0.2) is 13.4 Å². The Balaban J connectivity index is 1.73. The van der Waals surface area contributed by atoms with Crippen LogP contribution in [0.3, 0.4) is 0 Å². The molecule has 1 saturated carbocycles. The summed E-state index contributed by atoms with van der Waals surface area (Å²) >= 11 is 0. The summed E-state index contributed by atoms with van der Waals surface area (Å²) in [6, 6.07) is 7.97. The Morgan fingerprint density at radius 2 is 2.00 bits per heavy atom. The van der Waals surface area contributed by atoms with Crippen LogP contribution in [0.1, 0.15) is 19.3 Å². The van der Waals surface area contributed by atoms with Crippen molar-refractivity contribution in [2.24, 2.45) is 0 Å². The van der Waals surface area contributed by atoms with Crippen molar-refractivity contribution >= 4 is 15.5 Å². The van der Waals surface area contributed by atoms with E-state index in [0.717, 1.165) is 36.2 Å². The van der Waals surface area contributed by atoms with Gasteiger partial charge in [-0.3, -0.25) is 0 Å². The van der Waals surface area contributed by atoms with Crippen LogP contribution >= 0.6 is 0 Å². The van der Waals surface area contributed by atoms with E-state index in [2.05, 4.69) is 15.3 Å². The van der Waals surface area contributed by atoms with Gasteiger partial charge in [-0.1, -0.05) is 12.1 Å². The molecule has 1 heterocycles. The molecule has 1 fully saturated rings. The van der Waals surface area contributed by atoms with E-state index >= 15 is 0 Å². The number of benzene rings is 1. The fraction of sp³-hybridized carbons (Fsp3) is 0.400. The fourth-order valence-electron chi connectivity index (χ4n) is 2.98. The second-order valence-electron chi connectivity index (χ2n) is 5.59. The van der Waals surface area contributed by atoms with Gasteiger partial charge in [0, 0.05) is 18.0 Å². The van der Waals surface area contributed by atoms with Crippen LogP contribution in [0.4, 0.5) is 5.69 Å². The molecule has 6 heteroatoms. The molecule has 2 aromatic rings. The molecular formula is C15H19N3O2S. The Morgan fingerprint density at radius 1 is 1.24 bits per heavy atom. The highest BCUT2D eigenvalue weighted by Gasteiger charge is 2.34. The van der Waals surface area contributed by atoms with Crippen molar-refractivity contribution in [2.75, 3.05) is 11.6 Å². The Morgan fingerprint density at radius 3 is 2.62 bits per heavy atom. The lowest BCUT2D eigenvalue weighted by Gasteiger charge is -2.20. The molecule has 0 amide bonds. The van der Waals surface area contributed by atoms with Crippen LogP contribution in [0.5, 0.6) is 0 Å². The van der Waals surface area contributed by atoms with Crippen LogP contribution in [0.2, 0.25) is 0 Å². The minimum Gasteiger partial charge on any atom is -0.381 e. The molecule has 0 spiro atoms. The van der Waals surface area contributed by atoms with Gasteiger partial charge in [-0.15, -0.1) is 0 Å². The first-order valence-electron chi connectivity index (χ1n) is 7.08. The van der Waals surface area contributed by atoms with E-state index in [1.807, 2.05) is 24.3 Å². The molecular weight excluding hydrogens is 286 g/mol. The molecule has 1 aromatic heterocycles. The number of aromatic nitrogens is 2. The lowest BCUT2D eigenvalue weighted by Crippen LogP contribution is -2.34. The third kappa shape index (κ3) is 3.10. The van der Waals surface area contributed by atoms with Crippen LogP contribution in [0.25, 0.3) is 11.3 Å². The van der Waals surface area contributed by atoms with Crippen molar-refractivity contribution in [3.8, 4) is 11.3 Å². The predicted molar refractivity (Wildman–Crippen MR) is 83.9 cm³/mol. The number of nitrogens with zero attached hydrogens (tertiary/aromatic N) is 1. The summed E-state index contributed by atoms with van der Waals surface area (Å²) < 4.78 is 23.6. The monoisotopic (exact) mass is 305 g/mol. The van der Waals surface area contributed by atoms with Crippen molar-refractivity contribution in [3.05, 3.63) is 36.8 Å². The van der Waals surface area contributed by atoms with Gasteiger partial charge in [0.1, 0.15) is 0 Å². The molecule has 0 radical (unpaired) electrons. The molecule has 0 saturated heterocycles. The number of H-pyrrole nitrogens is 1. The Hall–Kier alpha value is -1.82. The van der Waals surface area contributed by atoms with Crippen LogP contribution in [-0.4, -0.2) is 35.9 Å². The minimum absolute atomic E-state index is 0.0120. The number of sulfone groups is 1. The van der Waals surface area contributed by atoms with Crippen LogP contribution in [0, 0.1) is 0 Å². The first kappa shape index (κ1) is 14.1. The summed E-state index contributed by atoms with van der Waals surface area (Å²) in [6.07, 6.45) is 7.37. The third-order valence-corrected chi connectivity index (χ3v) is 5.71. The number of hydrogen-bond acceptors (Lipinski definition) is 4. The smallest absolute Gasteiger partial charge is 0.152 e. The highest BCUT2D eigenvalue weighted by Crippen LogP contribution is 2.28. The van der Waals surface area contributed by atoms with Gasteiger partial charge in [0.15, 0.2) is 9.84 Å². The van der Waals surface area contributed by atoms with Crippen molar-refractivity contribution < 1.29 is 8.42 Å². The molecule has 1 aliphatic rings. The molecule has 2 N–H and O–H groups in total. The van der Waals surface area contributed by atoms with Crippen LogP contribution in [-0.2, 0) is 9.84 Å². The summed E-state index contributed by atoms with van der Waals surface area (Å²) in [5.41, 5.74) is 2.99. The maximum absolute atomic E-state index is 11.8. The summed E-state index contributed by atoms with van der Waals surface area (Å²) in [5.74, 6) is 0. The molecule has 0 aliphatic heterocycles. The van der Waals surface area contributed by atoms with Crippen molar-refractivity contribution in [1.29, 1.82) is 0 Å². The quantitative estimate of drug-likeness (QED) is 0.910. The van der Waals surface area contributed by atoms with E-state index in [1.165, 1.54) is 6.26 Å². The predicted octanol–water partition coefficient (Wildman–Crippen LogP) is 2.45. The van der Waals surface area contributed by atoms with Gasteiger partial charge >= 0.3 is 0 Å². The molecule has 1 aliphatic carbocycles. The van der Waals surface area contributed by atoms with Crippen LogP contribution < -0.4 is 5.32 Å². The topological polar surface area (TPSA) is 74.8 Å². The highest BCUT2D eigenvalue weighted by atomic mass is 32.2. The van der Waals surface area contributed by atoms with Gasteiger partial charge in [-0.2, -0.15) is 0 Å². The largest absolute Gasteiger partial charge is 0.381 e. The molecule has 2 unspecified atom stereocenters. The van der Waals surface area contributed by atoms with Crippen molar-refractivity contribution in [2.45, 2.75) is 30.6 Å². The molecule has 21 heavy (non-hydrogen) atoms. The van der Waals surface area contributed by atoms with Crippen molar-refractivity contribution in [1.82, 2.24) is 9.97 Å². The number of nitrogens with one attached hydrogen (secondary N) is 2. The normalized spacial score (nSPS) is 22.3. The number of hydrogen-bond donors (Lipinski definition) is 2. The SMILES string of the molecule is CS(=O)(=O)C1CCCC1Nc1ccc(-c2cnc[nH]2)cc1. The van der Waals surface area contributed by atoms with Gasteiger partial charge < -0.3 is 10.3 Å². The molecule has 5 nitrogen and oxygen atoms in total. The zero-order valence-corrected chi connectivity index (χ0v) is 12.7. The van der Waals surface area contributed by atoms with E-state index in [4.69, 9.17) is 0 Å². The Bertz CT molecular complexity index is 693. The van der Waals surface area contributed by atoms with Crippen molar-refractivity contribution in [3.63, 3.8) is 0 Å². The number of rotatable bonds is 4. The average Bonchev–Trinajstić information content (AvgIpc) is 3.09. The zero-order chi connectivity index (χ0) is 14.9. The first-order valence-corrected chi connectivity index (χ1v) is 9.04. The number of aromatic amines is 1. The minimum atomic E-state index is -2.99. The maximum Gasteiger partial charge on any atom is 0.152 e.